The quantitative estimate of drug-likeness (QED) is 0.909. The fourth-order valence-corrected chi connectivity index (χ4v) is 2.99. The van der Waals surface area contributed by atoms with E-state index < -0.39 is 6.04 Å². The summed E-state index contributed by atoms with van der Waals surface area (Å²) in [7, 11) is 0. The molecule has 1 aromatic rings. The minimum absolute atomic E-state index is 0.0155. The van der Waals surface area contributed by atoms with E-state index in [-0.39, 0.29) is 17.9 Å². The van der Waals surface area contributed by atoms with Crippen molar-refractivity contribution in [1.29, 1.82) is 0 Å². The maximum absolute atomic E-state index is 12.4. The van der Waals surface area contributed by atoms with E-state index in [0.29, 0.717) is 13.0 Å². The second-order valence-electron chi connectivity index (χ2n) is 4.85. The Balaban J connectivity index is 2.18. The summed E-state index contributed by atoms with van der Waals surface area (Å²) in [5, 5.41) is 2.80. The molecule has 104 valence electrons. The van der Waals surface area contributed by atoms with Gasteiger partial charge in [0.2, 0.25) is 11.8 Å². The summed E-state index contributed by atoms with van der Waals surface area (Å²) in [5.74, 6) is -0.0537. The molecule has 1 aliphatic rings. The van der Waals surface area contributed by atoms with Crippen molar-refractivity contribution < 1.29 is 9.59 Å². The number of nitrogens with one attached hydrogen (secondary N) is 1. The van der Waals surface area contributed by atoms with Gasteiger partial charge in [-0.2, -0.15) is 0 Å². The number of aryl methyl sites for hydroxylation is 1. The number of piperazine rings is 1. The minimum Gasteiger partial charge on any atom is -0.343 e. The predicted molar refractivity (Wildman–Crippen MR) is 73.7 cm³/mol. The van der Waals surface area contributed by atoms with Crippen molar-refractivity contribution >= 4 is 23.2 Å². The molecular formula is C13H19N3O2S. The van der Waals surface area contributed by atoms with Crippen LogP contribution in [-0.2, 0) is 16.1 Å². The number of thiazole rings is 1. The lowest BCUT2D eigenvalue weighted by Crippen LogP contribution is -2.61. The monoisotopic (exact) mass is 281 g/mol. The number of hydrogen-bond donors (Lipinski definition) is 1. The number of hydrogen-bond acceptors (Lipinski definition) is 4. The van der Waals surface area contributed by atoms with Crippen molar-refractivity contribution in [1.82, 2.24) is 15.2 Å². The predicted octanol–water partition coefficient (Wildman–Crippen LogP) is 1.47. The summed E-state index contributed by atoms with van der Waals surface area (Å²) in [6.07, 6.45) is 1.56. The van der Waals surface area contributed by atoms with Crippen LogP contribution in [0.2, 0.25) is 0 Å². The van der Waals surface area contributed by atoms with Crippen molar-refractivity contribution in [3.63, 3.8) is 0 Å². The van der Waals surface area contributed by atoms with Crippen LogP contribution in [0.3, 0.4) is 0 Å². The first-order valence-corrected chi connectivity index (χ1v) is 7.42. The Morgan fingerprint density at radius 1 is 1.47 bits per heavy atom. The van der Waals surface area contributed by atoms with Crippen LogP contribution < -0.4 is 5.32 Å². The highest BCUT2D eigenvalue weighted by Crippen LogP contribution is 2.20. The van der Waals surface area contributed by atoms with Crippen LogP contribution in [-0.4, -0.2) is 33.8 Å². The van der Waals surface area contributed by atoms with Gasteiger partial charge in [0.05, 0.1) is 17.7 Å². The molecule has 2 heterocycles. The summed E-state index contributed by atoms with van der Waals surface area (Å²) >= 11 is 1.53. The minimum atomic E-state index is -0.415. The van der Waals surface area contributed by atoms with Gasteiger partial charge in [-0.3, -0.25) is 9.59 Å². The van der Waals surface area contributed by atoms with E-state index in [4.69, 9.17) is 0 Å². The summed E-state index contributed by atoms with van der Waals surface area (Å²) in [6, 6.07) is -0.788. The number of carbonyl (C=O) groups excluding carboxylic acids is 2. The van der Waals surface area contributed by atoms with E-state index in [1.807, 2.05) is 13.8 Å². The van der Waals surface area contributed by atoms with Crippen LogP contribution >= 0.6 is 11.3 Å². The first-order chi connectivity index (χ1) is 9.04. The zero-order chi connectivity index (χ0) is 14.0. The van der Waals surface area contributed by atoms with Crippen molar-refractivity contribution in [2.24, 2.45) is 0 Å². The van der Waals surface area contributed by atoms with E-state index in [1.165, 1.54) is 11.3 Å². The first-order valence-electron chi connectivity index (χ1n) is 6.54. The molecule has 2 rings (SSSR count). The Hall–Kier alpha value is -1.43. The van der Waals surface area contributed by atoms with Crippen LogP contribution in [0.4, 0.5) is 0 Å². The Labute approximate surface area is 117 Å². The number of amides is 2. The molecule has 2 amide bonds. The van der Waals surface area contributed by atoms with Gasteiger partial charge in [-0.05, 0) is 20.3 Å². The zero-order valence-electron chi connectivity index (χ0n) is 11.5. The van der Waals surface area contributed by atoms with E-state index >= 15 is 0 Å². The average molecular weight is 281 g/mol. The van der Waals surface area contributed by atoms with E-state index in [9.17, 15) is 9.59 Å². The van der Waals surface area contributed by atoms with Crippen LogP contribution in [0.5, 0.6) is 0 Å². The highest BCUT2D eigenvalue weighted by molar-refractivity contribution is 7.09. The van der Waals surface area contributed by atoms with Gasteiger partial charge in [-0.15, -0.1) is 11.3 Å². The third-order valence-corrected chi connectivity index (χ3v) is 4.40. The average Bonchev–Trinajstić information content (AvgIpc) is 2.77. The smallest absolute Gasteiger partial charge is 0.246 e. The van der Waals surface area contributed by atoms with Gasteiger partial charge in [-0.25, -0.2) is 4.98 Å². The third kappa shape index (κ3) is 2.78. The molecule has 0 aliphatic carbocycles. The van der Waals surface area contributed by atoms with Gasteiger partial charge in [0.25, 0.3) is 0 Å². The van der Waals surface area contributed by atoms with Gasteiger partial charge in [-0.1, -0.05) is 13.3 Å². The molecule has 0 spiro atoms. The van der Waals surface area contributed by atoms with Crippen LogP contribution in [0.15, 0.2) is 5.51 Å². The lowest BCUT2D eigenvalue weighted by molar-refractivity contribution is -0.149. The molecule has 0 bridgehead atoms. The Morgan fingerprint density at radius 2 is 2.21 bits per heavy atom. The number of nitrogens with zero attached hydrogens (tertiary/aromatic N) is 2. The molecule has 2 atom stereocenters. The molecule has 0 radical (unpaired) electrons. The molecule has 0 saturated carbocycles. The van der Waals surface area contributed by atoms with Crippen molar-refractivity contribution in [3.8, 4) is 0 Å². The summed E-state index contributed by atoms with van der Waals surface area (Å²) in [4.78, 5) is 31.2. The van der Waals surface area contributed by atoms with Gasteiger partial charge in [0.1, 0.15) is 12.1 Å². The molecule has 2 unspecified atom stereocenters. The van der Waals surface area contributed by atoms with Crippen molar-refractivity contribution in [2.75, 3.05) is 0 Å². The van der Waals surface area contributed by atoms with Gasteiger partial charge in [0.15, 0.2) is 0 Å². The fourth-order valence-electron chi connectivity index (χ4n) is 2.22. The summed E-state index contributed by atoms with van der Waals surface area (Å²) in [6.45, 7) is 6.18. The van der Waals surface area contributed by atoms with Gasteiger partial charge < -0.3 is 10.2 Å². The Kier molecular flexibility index (Phi) is 4.19. The molecule has 1 aromatic heterocycles. The molecule has 5 nitrogen and oxygen atoms in total. The normalized spacial score (nSPS) is 23.6. The lowest BCUT2D eigenvalue weighted by atomic mass is 10.0. The molecule has 0 aromatic carbocycles. The molecule has 19 heavy (non-hydrogen) atoms. The maximum atomic E-state index is 12.4. The Morgan fingerprint density at radius 3 is 2.79 bits per heavy atom. The highest BCUT2D eigenvalue weighted by Gasteiger charge is 2.37. The van der Waals surface area contributed by atoms with Crippen LogP contribution in [0.25, 0.3) is 0 Å². The second kappa shape index (κ2) is 5.69. The largest absolute Gasteiger partial charge is 0.343 e. The topological polar surface area (TPSA) is 62.3 Å². The maximum Gasteiger partial charge on any atom is 0.246 e. The SMILES string of the molecule is CCCC1NC(=O)C(C)N(Cc2scnc2C)C1=O. The van der Waals surface area contributed by atoms with E-state index in [1.54, 1.807) is 17.3 Å². The van der Waals surface area contributed by atoms with Crippen molar-refractivity contribution in [3.05, 3.63) is 16.1 Å². The van der Waals surface area contributed by atoms with Crippen LogP contribution in [0.1, 0.15) is 37.3 Å². The number of aromatic nitrogens is 1. The van der Waals surface area contributed by atoms with Gasteiger partial charge in [0, 0.05) is 4.88 Å². The standard InChI is InChI=1S/C13H19N3O2S/c1-4-5-10-13(18)16(9(3)12(17)15-10)6-11-8(2)14-7-19-11/h7,9-10H,4-6H2,1-3H3,(H,15,17). The summed E-state index contributed by atoms with van der Waals surface area (Å²) in [5.41, 5.74) is 2.70. The lowest BCUT2D eigenvalue weighted by Gasteiger charge is -2.37. The molecule has 1 aliphatic heterocycles. The fraction of sp³-hybridized carbons (Fsp3) is 0.615. The third-order valence-electron chi connectivity index (χ3n) is 3.48. The number of carbonyl (C=O) groups is 2. The molecular weight excluding hydrogens is 262 g/mol. The summed E-state index contributed by atoms with van der Waals surface area (Å²) < 4.78 is 0. The Bertz CT molecular complexity index is 486. The van der Waals surface area contributed by atoms with Gasteiger partial charge >= 0.3 is 0 Å². The molecule has 6 heteroatoms. The number of rotatable bonds is 4. The van der Waals surface area contributed by atoms with Crippen LogP contribution in [0, 0.1) is 6.92 Å². The van der Waals surface area contributed by atoms with Crippen molar-refractivity contribution in [2.45, 2.75) is 52.2 Å². The highest BCUT2D eigenvalue weighted by atomic mass is 32.1. The first kappa shape index (κ1) is 14.0. The zero-order valence-corrected chi connectivity index (χ0v) is 12.3. The van der Waals surface area contributed by atoms with E-state index in [2.05, 4.69) is 10.3 Å². The molecule has 1 N–H and O–H groups in total. The molecule has 1 saturated heterocycles. The van der Waals surface area contributed by atoms with E-state index in [0.717, 1.165) is 17.0 Å². The second-order valence-corrected chi connectivity index (χ2v) is 5.79. The molecule has 1 fully saturated rings.